The maximum absolute atomic E-state index is 12.4. The second-order valence-corrected chi connectivity index (χ2v) is 6.72. The number of nitrogens with one attached hydrogen (secondary N) is 1. The summed E-state index contributed by atoms with van der Waals surface area (Å²) < 4.78 is 0. The van der Waals surface area contributed by atoms with Crippen molar-refractivity contribution >= 4 is 23.2 Å². The van der Waals surface area contributed by atoms with Crippen molar-refractivity contribution in [1.29, 1.82) is 0 Å². The Morgan fingerprint density at radius 2 is 1.73 bits per heavy atom. The van der Waals surface area contributed by atoms with Crippen LogP contribution in [0.5, 0.6) is 0 Å². The molecule has 5 nitrogen and oxygen atoms in total. The van der Waals surface area contributed by atoms with Gasteiger partial charge in [-0.1, -0.05) is 12.1 Å². The SMILES string of the molecule is Nc1cccc(CCC(=O)Nc2ccc(C(=O)N3CCCCC3)cc2)c1. The average Bonchev–Trinajstić information content (AvgIpc) is 2.67. The van der Waals surface area contributed by atoms with Crippen LogP contribution in [0.2, 0.25) is 0 Å². The fourth-order valence-corrected chi connectivity index (χ4v) is 3.21. The van der Waals surface area contributed by atoms with Gasteiger partial charge in [0.25, 0.3) is 5.91 Å². The number of benzene rings is 2. The molecule has 0 spiro atoms. The largest absolute Gasteiger partial charge is 0.399 e. The minimum absolute atomic E-state index is 0.0532. The molecule has 3 rings (SSSR count). The summed E-state index contributed by atoms with van der Waals surface area (Å²) in [6.07, 6.45) is 4.38. The van der Waals surface area contributed by atoms with Gasteiger partial charge in [-0.15, -0.1) is 0 Å². The first-order valence-corrected chi connectivity index (χ1v) is 9.15. The Morgan fingerprint density at radius 1 is 1.00 bits per heavy atom. The van der Waals surface area contributed by atoms with Crippen LogP contribution in [0.3, 0.4) is 0 Å². The van der Waals surface area contributed by atoms with Crippen LogP contribution in [0, 0.1) is 0 Å². The molecule has 136 valence electrons. The zero-order chi connectivity index (χ0) is 18.4. The van der Waals surface area contributed by atoms with E-state index in [0.29, 0.717) is 29.8 Å². The predicted octanol–water partition coefficient (Wildman–Crippen LogP) is 3.47. The predicted molar refractivity (Wildman–Crippen MR) is 104 cm³/mol. The second-order valence-electron chi connectivity index (χ2n) is 6.72. The van der Waals surface area contributed by atoms with E-state index < -0.39 is 0 Å². The van der Waals surface area contributed by atoms with Crippen LogP contribution >= 0.6 is 0 Å². The molecule has 2 aromatic carbocycles. The molecule has 0 atom stereocenters. The van der Waals surface area contributed by atoms with Crippen molar-refractivity contribution in [3.8, 4) is 0 Å². The molecule has 0 aromatic heterocycles. The number of rotatable bonds is 5. The first-order chi connectivity index (χ1) is 12.6. The Balaban J connectivity index is 1.51. The van der Waals surface area contributed by atoms with E-state index in [0.717, 1.165) is 31.5 Å². The van der Waals surface area contributed by atoms with Crippen LogP contribution in [-0.4, -0.2) is 29.8 Å². The summed E-state index contributed by atoms with van der Waals surface area (Å²) in [5.41, 5.74) is 8.88. The third-order valence-electron chi connectivity index (χ3n) is 4.65. The number of nitrogen functional groups attached to an aromatic ring is 1. The van der Waals surface area contributed by atoms with Crippen LogP contribution in [0.1, 0.15) is 41.6 Å². The molecular formula is C21H25N3O2. The molecule has 1 heterocycles. The van der Waals surface area contributed by atoms with Gasteiger partial charge in [-0.25, -0.2) is 0 Å². The smallest absolute Gasteiger partial charge is 0.253 e. The van der Waals surface area contributed by atoms with E-state index >= 15 is 0 Å². The molecular weight excluding hydrogens is 326 g/mol. The highest BCUT2D eigenvalue weighted by atomic mass is 16.2. The highest BCUT2D eigenvalue weighted by Crippen LogP contribution is 2.16. The molecule has 0 aliphatic carbocycles. The number of hydrogen-bond donors (Lipinski definition) is 2. The highest BCUT2D eigenvalue weighted by molar-refractivity contribution is 5.95. The molecule has 3 N–H and O–H groups in total. The van der Waals surface area contributed by atoms with Crippen LogP contribution < -0.4 is 11.1 Å². The summed E-state index contributed by atoms with van der Waals surface area (Å²) in [6.45, 7) is 1.67. The number of carbonyl (C=O) groups excluding carboxylic acids is 2. The monoisotopic (exact) mass is 351 g/mol. The molecule has 0 saturated carbocycles. The Labute approximate surface area is 154 Å². The van der Waals surface area contributed by atoms with Gasteiger partial charge in [0.15, 0.2) is 0 Å². The maximum Gasteiger partial charge on any atom is 0.253 e. The van der Waals surface area contributed by atoms with Crippen molar-refractivity contribution in [2.45, 2.75) is 32.1 Å². The van der Waals surface area contributed by atoms with Gasteiger partial charge < -0.3 is 16.0 Å². The van der Waals surface area contributed by atoms with Crippen LogP contribution in [0.4, 0.5) is 11.4 Å². The average molecular weight is 351 g/mol. The van der Waals surface area contributed by atoms with Gasteiger partial charge in [0, 0.05) is 36.4 Å². The Kier molecular flexibility index (Phi) is 5.89. The number of piperidine rings is 1. The number of anilines is 2. The van der Waals surface area contributed by atoms with Gasteiger partial charge in [-0.05, 0) is 67.6 Å². The Morgan fingerprint density at radius 3 is 2.42 bits per heavy atom. The number of likely N-dealkylation sites (tertiary alicyclic amines) is 1. The van der Waals surface area contributed by atoms with Crippen molar-refractivity contribution < 1.29 is 9.59 Å². The van der Waals surface area contributed by atoms with Crippen molar-refractivity contribution in [2.24, 2.45) is 0 Å². The van der Waals surface area contributed by atoms with Gasteiger partial charge >= 0.3 is 0 Å². The first-order valence-electron chi connectivity index (χ1n) is 9.15. The summed E-state index contributed by atoms with van der Waals surface area (Å²) >= 11 is 0. The molecule has 26 heavy (non-hydrogen) atoms. The summed E-state index contributed by atoms with van der Waals surface area (Å²) in [7, 11) is 0. The van der Waals surface area contributed by atoms with E-state index in [-0.39, 0.29) is 11.8 Å². The fraction of sp³-hybridized carbons (Fsp3) is 0.333. The molecule has 0 radical (unpaired) electrons. The third-order valence-corrected chi connectivity index (χ3v) is 4.65. The molecule has 1 fully saturated rings. The minimum atomic E-state index is -0.0532. The lowest BCUT2D eigenvalue weighted by Gasteiger charge is -2.26. The Hall–Kier alpha value is -2.82. The van der Waals surface area contributed by atoms with Gasteiger partial charge in [-0.2, -0.15) is 0 Å². The molecule has 1 aliphatic heterocycles. The number of aryl methyl sites for hydroxylation is 1. The lowest BCUT2D eigenvalue weighted by Crippen LogP contribution is -2.35. The fourth-order valence-electron chi connectivity index (χ4n) is 3.21. The normalized spacial score (nSPS) is 14.1. The van der Waals surface area contributed by atoms with E-state index in [1.54, 1.807) is 24.3 Å². The van der Waals surface area contributed by atoms with E-state index in [4.69, 9.17) is 5.73 Å². The number of nitrogens with zero attached hydrogens (tertiary/aromatic N) is 1. The van der Waals surface area contributed by atoms with E-state index in [1.807, 2.05) is 29.2 Å². The minimum Gasteiger partial charge on any atom is -0.399 e. The molecule has 5 heteroatoms. The van der Waals surface area contributed by atoms with Crippen LogP contribution in [0.15, 0.2) is 48.5 Å². The molecule has 0 unspecified atom stereocenters. The topological polar surface area (TPSA) is 75.4 Å². The molecule has 0 bridgehead atoms. The van der Waals surface area contributed by atoms with E-state index in [2.05, 4.69) is 5.32 Å². The third kappa shape index (κ3) is 4.85. The maximum atomic E-state index is 12.4. The quantitative estimate of drug-likeness (QED) is 0.810. The lowest BCUT2D eigenvalue weighted by molar-refractivity contribution is -0.116. The van der Waals surface area contributed by atoms with E-state index in [1.165, 1.54) is 6.42 Å². The number of hydrogen-bond acceptors (Lipinski definition) is 3. The van der Waals surface area contributed by atoms with Crippen molar-refractivity contribution in [1.82, 2.24) is 4.90 Å². The summed E-state index contributed by atoms with van der Waals surface area (Å²) in [5.74, 6) is 0.0202. The number of amides is 2. The summed E-state index contributed by atoms with van der Waals surface area (Å²) in [6, 6.07) is 14.7. The van der Waals surface area contributed by atoms with Crippen molar-refractivity contribution in [2.75, 3.05) is 24.1 Å². The standard InChI is InChI=1S/C21H25N3O2/c22-18-6-4-5-16(15-18)7-12-20(25)23-19-10-8-17(9-11-19)21(26)24-13-2-1-3-14-24/h4-6,8-11,15H,1-3,7,12-14,22H2,(H,23,25). The Bertz CT molecular complexity index is 765. The number of nitrogens with two attached hydrogens (primary N) is 1. The number of carbonyl (C=O) groups is 2. The molecule has 2 amide bonds. The summed E-state index contributed by atoms with van der Waals surface area (Å²) in [5, 5.41) is 2.88. The van der Waals surface area contributed by atoms with Crippen molar-refractivity contribution in [3.63, 3.8) is 0 Å². The molecule has 1 aliphatic rings. The second kappa shape index (κ2) is 8.52. The zero-order valence-electron chi connectivity index (χ0n) is 14.9. The van der Waals surface area contributed by atoms with Crippen molar-refractivity contribution in [3.05, 3.63) is 59.7 Å². The van der Waals surface area contributed by atoms with Crippen LogP contribution in [0.25, 0.3) is 0 Å². The summed E-state index contributed by atoms with van der Waals surface area (Å²) in [4.78, 5) is 26.5. The highest BCUT2D eigenvalue weighted by Gasteiger charge is 2.17. The van der Waals surface area contributed by atoms with Crippen LogP contribution in [-0.2, 0) is 11.2 Å². The lowest BCUT2D eigenvalue weighted by atomic mass is 10.1. The van der Waals surface area contributed by atoms with Gasteiger partial charge in [0.2, 0.25) is 5.91 Å². The van der Waals surface area contributed by atoms with Gasteiger partial charge in [0.05, 0.1) is 0 Å². The molecule has 1 saturated heterocycles. The van der Waals surface area contributed by atoms with Gasteiger partial charge in [0.1, 0.15) is 0 Å². The van der Waals surface area contributed by atoms with Gasteiger partial charge in [-0.3, -0.25) is 9.59 Å². The zero-order valence-corrected chi connectivity index (χ0v) is 14.9. The van der Waals surface area contributed by atoms with E-state index in [9.17, 15) is 9.59 Å². The molecule has 2 aromatic rings. The first kappa shape index (κ1) is 18.0.